The average molecular weight is 252 g/mol. The largest absolute Gasteiger partial charge is 0.446 e. The number of aromatic nitrogens is 2. The second kappa shape index (κ2) is 5.53. The van der Waals surface area contributed by atoms with Crippen LogP contribution in [0.15, 0.2) is 36.9 Å². The Morgan fingerprint density at radius 1 is 1.11 bits per heavy atom. The van der Waals surface area contributed by atoms with E-state index < -0.39 is 0 Å². The van der Waals surface area contributed by atoms with Gasteiger partial charge >= 0.3 is 6.92 Å². The molecule has 0 amide bonds. The first kappa shape index (κ1) is 12.4. The van der Waals surface area contributed by atoms with Crippen molar-refractivity contribution in [2.45, 2.75) is 32.0 Å². The van der Waals surface area contributed by atoms with E-state index in [4.69, 9.17) is 0 Å². The minimum atomic E-state index is -0.274. The molecular formula is C15H17BN2O. The predicted molar refractivity (Wildman–Crippen MR) is 76.6 cm³/mol. The van der Waals surface area contributed by atoms with E-state index >= 15 is 0 Å². The summed E-state index contributed by atoms with van der Waals surface area (Å²) in [6, 6.07) is 6.53. The molecule has 1 aliphatic rings. The molecule has 1 aliphatic heterocycles. The topological polar surface area (TPSA) is 46.0 Å². The van der Waals surface area contributed by atoms with Crippen molar-refractivity contribution in [3.8, 4) is 0 Å². The number of aryl methyl sites for hydroxylation is 3. The van der Waals surface area contributed by atoms with E-state index in [0.29, 0.717) is 0 Å². The first-order valence-corrected chi connectivity index (χ1v) is 6.86. The molecule has 0 atom stereocenters. The molecule has 0 fully saturated rings. The maximum absolute atomic E-state index is 10.1. The smallest absolute Gasteiger partial charge is 0.323 e. The zero-order chi connectivity index (χ0) is 13.1. The van der Waals surface area contributed by atoms with Crippen molar-refractivity contribution in [3.05, 3.63) is 53.6 Å². The molecule has 0 spiro atoms. The first-order chi connectivity index (χ1) is 9.33. The van der Waals surface area contributed by atoms with Gasteiger partial charge in [0.25, 0.3) is 0 Å². The van der Waals surface area contributed by atoms with E-state index in [9.17, 15) is 5.02 Å². The minimum absolute atomic E-state index is 0.274. The number of benzene rings is 1. The molecule has 19 heavy (non-hydrogen) atoms. The summed E-state index contributed by atoms with van der Waals surface area (Å²) < 4.78 is 0. The standard InChI is InChI=1S/C15H17BN2O/c19-16-7-1-2-14-6-5-12(8-15(14)16)3-4-13-9-17-11-18-10-13/h5-6,8-11,19H,1-4,7H2. The Kier molecular flexibility index (Phi) is 3.60. The van der Waals surface area contributed by atoms with Crippen LogP contribution >= 0.6 is 0 Å². The molecule has 3 rings (SSSR count). The van der Waals surface area contributed by atoms with Crippen molar-refractivity contribution in [1.29, 1.82) is 0 Å². The van der Waals surface area contributed by atoms with Gasteiger partial charge in [0.2, 0.25) is 0 Å². The Morgan fingerprint density at radius 3 is 2.74 bits per heavy atom. The Balaban J connectivity index is 1.74. The lowest BCUT2D eigenvalue weighted by Gasteiger charge is -2.19. The minimum Gasteiger partial charge on any atom is -0.446 e. The van der Waals surface area contributed by atoms with Crippen molar-refractivity contribution >= 4 is 12.4 Å². The van der Waals surface area contributed by atoms with Crippen LogP contribution in [0.2, 0.25) is 6.32 Å². The molecule has 4 heteroatoms. The summed E-state index contributed by atoms with van der Waals surface area (Å²) in [6.07, 6.45) is 10.3. The van der Waals surface area contributed by atoms with Crippen LogP contribution < -0.4 is 5.46 Å². The van der Waals surface area contributed by atoms with Crippen LogP contribution in [0.3, 0.4) is 0 Å². The third-order valence-corrected chi connectivity index (χ3v) is 3.81. The van der Waals surface area contributed by atoms with Gasteiger partial charge in [0, 0.05) is 12.4 Å². The van der Waals surface area contributed by atoms with E-state index in [2.05, 4.69) is 28.2 Å². The SMILES string of the molecule is OB1CCCc2ccc(CCc3cncnc3)cc21. The fourth-order valence-corrected chi connectivity index (χ4v) is 2.73. The van der Waals surface area contributed by atoms with Gasteiger partial charge in [-0.2, -0.15) is 0 Å². The summed E-state index contributed by atoms with van der Waals surface area (Å²) in [5, 5.41) is 10.1. The van der Waals surface area contributed by atoms with Gasteiger partial charge in [0.1, 0.15) is 6.33 Å². The summed E-state index contributed by atoms with van der Waals surface area (Å²) in [7, 11) is 0. The molecule has 0 bridgehead atoms. The first-order valence-electron chi connectivity index (χ1n) is 6.86. The van der Waals surface area contributed by atoms with Crippen molar-refractivity contribution < 1.29 is 5.02 Å². The van der Waals surface area contributed by atoms with Gasteiger partial charge in [0.15, 0.2) is 0 Å². The zero-order valence-electron chi connectivity index (χ0n) is 10.9. The van der Waals surface area contributed by atoms with Gasteiger partial charge < -0.3 is 5.02 Å². The highest BCUT2D eigenvalue weighted by Crippen LogP contribution is 2.15. The molecule has 1 aromatic carbocycles. The molecular weight excluding hydrogens is 235 g/mol. The Labute approximate surface area is 113 Å². The maximum atomic E-state index is 10.1. The van der Waals surface area contributed by atoms with Crippen LogP contribution in [-0.2, 0) is 19.3 Å². The predicted octanol–water partition coefficient (Wildman–Crippen LogP) is 1.40. The lowest BCUT2D eigenvalue weighted by atomic mass is 9.53. The van der Waals surface area contributed by atoms with Crippen molar-refractivity contribution in [2.24, 2.45) is 0 Å². The molecule has 1 N–H and O–H groups in total. The lowest BCUT2D eigenvalue weighted by molar-refractivity contribution is 0.574. The van der Waals surface area contributed by atoms with Gasteiger partial charge in [-0.3, -0.25) is 0 Å². The fourth-order valence-electron chi connectivity index (χ4n) is 2.73. The van der Waals surface area contributed by atoms with Gasteiger partial charge in [-0.1, -0.05) is 30.2 Å². The Hall–Kier alpha value is -1.68. The molecule has 2 aromatic rings. The van der Waals surface area contributed by atoms with E-state index in [-0.39, 0.29) is 6.92 Å². The molecule has 2 heterocycles. The third kappa shape index (κ3) is 2.84. The zero-order valence-corrected chi connectivity index (χ0v) is 10.9. The highest BCUT2D eigenvalue weighted by Gasteiger charge is 2.22. The Bertz CT molecular complexity index is 559. The molecule has 3 nitrogen and oxygen atoms in total. The molecule has 0 aliphatic carbocycles. The second-order valence-corrected chi connectivity index (χ2v) is 5.19. The Morgan fingerprint density at radius 2 is 1.89 bits per heavy atom. The normalized spacial score (nSPS) is 14.3. The maximum Gasteiger partial charge on any atom is 0.323 e. The summed E-state index contributed by atoms with van der Waals surface area (Å²) >= 11 is 0. The van der Waals surface area contributed by atoms with Crippen LogP contribution in [0.1, 0.15) is 23.1 Å². The lowest BCUT2D eigenvalue weighted by Crippen LogP contribution is -2.36. The summed E-state index contributed by atoms with van der Waals surface area (Å²) in [5.41, 5.74) is 4.88. The van der Waals surface area contributed by atoms with Gasteiger partial charge in [-0.05, 0) is 42.2 Å². The van der Waals surface area contributed by atoms with E-state index in [1.165, 1.54) is 11.1 Å². The number of nitrogens with zero attached hydrogens (tertiary/aromatic N) is 2. The number of fused-ring (bicyclic) bond motifs is 1. The summed E-state index contributed by atoms with van der Waals surface area (Å²) in [5.74, 6) is 0. The number of hydrogen-bond acceptors (Lipinski definition) is 3. The quantitative estimate of drug-likeness (QED) is 0.840. The fraction of sp³-hybridized carbons (Fsp3) is 0.333. The number of rotatable bonds is 3. The number of hydrogen-bond donors (Lipinski definition) is 1. The van der Waals surface area contributed by atoms with Crippen LogP contribution in [0, 0.1) is 0 Å². The van der Waals surface area contributed by atoms with Crippen LogP contribution in [0.4, 0.5) is 0 Å². The molecule has 0 unspecified atom stereocenters. The second-order valence-electron chi connectivity index (χ2n) is 5.19. The van der Waals surface area contributed by atoms with Crippen molar-refractivity contribution in [2.75, 3.05) is 0 Å². The van der Waals surface area contributed by atoms with E-state index in [0.717, 1.165) is 43.0 Å². The van der Waals surface area contributed by atoms with Crippen molar-refractivity contribution in [3.63, 3.8) is 0 Å². The van der Waals surface area contributed by atoms with E-state index in [1.54, 1.807) is 6.33 Å². The highest BCUT2D eigenvalue weighted by atomic mass is 16.2. The van der Waals surface area contributed by atoms with Gasteiger partial charge in [-0.15, -0.1) is 0 Å². The monoisotopic (exact) mass is 252 g/mol. The van der Waals surface area contributed by atoms with Crippen LogP contribution in [-0.4, -0.2) is 21.9 Å². The average Bonchev–Trinajstić information content (AvgIpc) is 2.47. The highest BCUT2D eigenvalue weighted by molar-refractivity contribution is 6.67. The molecule has 1 aromatic heterocycles. The van der Waals surface area contributed by atoms with Crippen LogP contribution in [0.5, 0.6) is 0 Å². The van der Waals surface area contributed by atoms with Crippen LogP contribution in [0.25, 0.3) is 0 Å². The molecule has 0 radical (unpaired) electrons. The summed E-state index contributed by atoms with van der Waals surface area (Å²) in [4.78, 5) is 8.06. The third-order valence-electron chi connectivity index (χ3n) is 3.81. The molecule has 0 saturated heterocycles. The van der Waals surface area contributed by atoms with Gasteiger partial charge in [0.05, 0.1) is 0 Å². The van der Waals surface area contributed by atoms with Crippen molar-refractivity contribution in [1.82, 2.24) is 9.97 Å². The molecule has 0 saturated carbocycles. The van der Waals surface area contributed by atoms with Gasteiger partial charge in [-0.25, -0.2) is 9.97 Å². The van der Waals surface area contributed by atoms with E-state index in [1.807, 2.05) is 12.4 Å². The molecule has 96 valence electrons. The summed E-state index contributed by atoms with van der Waals surface area (Å²) in [6.45, 7) is -0.274.